The molecule has 0 radical (unpaired) electrons. The third-order valence-electron chi connectivity index (χ3n) is 5.33. The fourth-order valence-corrected chi connectivity index (χ4v) is 3.71. The molecule has 0 bridgehead atoms. The van der Waals surface area contributed by atoms with E-state index in [9.17, 15) is 0 Å². The molecule has 1 aliphatic rings. The van der Waals surface area contributed by atoms with Crippen molar-refractivity contribution >= 4 is 46.5 Å². The highest BCUT2D eigenvalue weighted by Crippen LogP contribution is 2.22. The highest BCUT2D eigenvalue weighted by Gasteiger charge is 2.20. The fourth-order valence-electron chi connectivity index (χ4n) is 3.71. The van der Waals surface area contributed by atoms with Gasteiger partial charge in [-0.1, -0.05) is 24.3 Å². The van der Waals surface area contributed by atoms with Crippen molar-refractivity contribution in [1.29, 1.82) is 0 Å². The third-order valence-corrected chi connectivity index (χ3v) is 5.33. The molecule has 158 valence electrons. The molecule has 0 amide bonds. The average molecular weight is 517 g/mol. The minimum atomic E-state index is 0. The van der Waals surface area contributed by atoms with Crippen molar-refractivity contribution in [2.24, 2.45) is 4.99 Å². The van der Waals surface area contributed by atoms with E-state index in [4.69, 9.17) is 4.74 Å². The maximum absolute atomic E-state index is 5.31. The van der Waals surface area contributed by atoms with E-state index >= 15 is 0 Å². The van der Waals surface area contributed by atoms with Crippen molar-refractivity contribution in [3.05, 3.63) is 66.4 Å². The molecule has 3 aromatic rings. The van der Waals surface area contributed by atoms with Crippen LogP contribution in [0.5, 0.6) is 5.75 Å². The van der Waals surface area contributed by atoms with Gasteiger partial charge in [0, 0.05) is 46.0 Å². The number of methoxy groups -OCH3 is 1. The van der Waals surface area contributed by atoms with E-state index in [-0.39, 0.29) is 24.0 Å². The number of ether oxygens (including phenoxy) is 1. The smallest absolute Gasteiger partial charge is 0.194 e. The number of hydrogen-bond acceptors (Lipinski definition) is 4. The van der Waals surface area contributed by atoms with Gasteiger partial charge in [-0.3, -0.25) is 4.99 Å². The number of rotatable bonds is 4. The first kappa shape index (κ1) is 22.1. The van der Waals surface area contributed by atoms with Gasteiger partial charge in [0.1, 0.15) is 11.6 Å². The first-order valence-corrected chi connectivity index (χ1v) is 9.95. The van der Waals surface area contributed by atoms with Crippen LogP contribution >= 0.6 is 24.0 Å². The molecular weight excluding hydrogens is 489 g/mol. The zero-order chi connectivity index (χ0) is 20.1. The number of halogens is 1. The van der Waals surface area contributed by atoms with Crippen LogP contribution in [0.3, 0.4) is 0 Å². The van der Waals surface area contributed by atoms with Gasteiger partial charge in [-0.25, -0.2) is 4.98 Å². The molecule has 1 saturated heterocycles. The lowest BCUT2D eigenvalue weighted by molar-refractivity contribution is 0.371. The predicted molar refractivity (Wildman–Crippen MR) is 134 cm³/mol. The summed E-state index contributed by atoms with van der Waals surface area (Å²) in [6.45, 7) is 4.47. The van der Waals surface area contributed by atoms with E-state index in [1.165, 1.54) is 16.3 Å². The van der Waals surface area contributed by atoms with Crippen molar-refractivity contribution in [3.8, 4) is 5.75 Å². The lowest BCUT2D eigenvalue weighted by atomic mass is 10.1. The monoisotopic (exact) mass is 517 g/mol. The number of pyridine rings is 1. The van der Waals surface area contributed by atoms with Gasteiger partial charge < -0.3 is 19.9 Å². The molecule has 1 aromatic heterocycles. The lowest BCUT2D eigenvalue weighted by Crippen LogP contribution is -2.52. The minimum Gasteiger partial charge on any atom is -0.497 e. The van der Waals surface area contributed by atoms with Gasteiger partial charge in [0.2, 0.25) is 0 Å². The number of hydrogen-bond donors (Lipinski definition) is 1. The van der Waals surface area contributed by atoms with Gasteiger partial charge in [0.25, 0.3) is 0 Å². The molecule has 0 atom stereocenters. The number of nitrogens with one attached hydrogen (secondary N) is 1. The predicted octanol–water partition coefficient (Wildman–Crippen LogP) is 3.76. The Morgan fingerprint density at radius 2 is 1.80 bits per heavy atom. The molecule has 1 aliphatic heterocycles. The maximum atomic E-state index is 5.31. The van der Waals surface area contributed by atoms with Crippen LogP contribution in [0.15, 0.2) is 65.8 Å². The van der Waals surface area contributed by atoms with Crippen LogP contribution in [0, 0.1) is 0 Å². The quantitative estimate of drug-likeness (QED) is 0.325. The van der Waals surface area contributed by atoms with Gasteiger partial charge in [-0.2, -0.15) is 0 Å². The summed E-state index contributed by atoms with van der Waals surface area (Å²) in [5.41, 5.74) is 1.23. The Morgan fingerprint density at radius 3 is 2.50 bits per heavy atom. The van der Waals surface area contributed by atoms with Gasteiger partial charge in [0.15, 0.2) is 5.96 Å². The van der Waals surface area contributed by atoms with Crippen LogP contribution < -0.4 is 15.0 Å². The van der Waals surface area contributed by atoms with Crippen molar-refractivity contribution in [2.75, 3.05) is 45.2 Å². The fraction of sp³-hybridized carbons (Fsp3) is 0.304. The summed E-state index contributed by atoms with van der Waals surface area (Å²) in [7, 11) is 3.54. The lowest BCUT2D eigenvalue weighted by Gasteiger charge is -2.37. The van der Waals surface area contributed by atoms with Crippen LogP contribution in [-0.4, -0.2) is 56.2 Å². The Balaban J connectivity index is 0.00000256. The van der Waals surface area contributed by atoms with E-state index in [1.807, 2.05) is 31.4 Å². The van der Waals surface area contributed by atoms with Crippen LogP contribution in [0.4, 0.5) is 5.82 Å². The third kappa shape index (κ3) is 5.13. The summed E-state index contributed by atoms with van der Waals surface area (Å²) in [6.07, 6.45) is 1.85. The molecule has 0 unspecified atom stereocenters. The SMILES string of the molecule is CN=C(NCc1ccc2cc(OC)ccc2c1)N1CCN(c2ccccn2)CC1.I. The van der Waals surface area contributed by atoms with E-state index in [1.54, 1.807) is 7.11 Å². The summed E-state index contributed by atoms with van der Waals surface area (Å²) in [4.78, 5) is 13.6. The number of fused-ring (bicyclic) bond motifs is 1. The van der Waals surface area contributed by atoms with Crippen molar-refractivity contribution < 1.29 is 4.74 Å². The van der Waals surface area contributed by atoms with E-state index in [0.29, 0.717) is 0 Å². The van der Waals surface area contributed by atoms with Crippen molar-refractivity contribution in [2.45, 2.75) is 6.54 Å². The summed E-state index contributed by atoms with van der Waals surface area (Å²) in [5, 5.41) is 5.91. The highest BCUT2D eigenvalue weighted by molar-refractivity contribution is 14.0. The Morgan fingerprint density at radius 1 is 1.03 bits per heavy atom. The van der Waals surface area contributed by atoms with Gasteiger partial charge >= 0.3 is 0 Å². The second-order valence-electron chi connectivity index (χ2n) is 7.11. The van der Waals surface area contributed by atoms with E-state index in [0.717, 1.165) is 50.3 Å². The second-order valence-corrected chi connectivity index (χ2v) is 7.11. The highest BCUT2D eigenvalue weighted by atomic mass is 127. The summed E-state index contributed by atoms with van der Waals surface area (Å²) < 4.78 is 5.31. The number of piperazine rings is 1. The topological polar surface area (TPSA) is 53.0 Å². The maximum Gasteiger partial charge on any atom is 0.194 e. The Labute approximate surface area is 195 Å². The number of anilines is 1. The number of aromatic nitrogens is 1. The van der Waals surface area contributed by atoms with Crippen LogP contribution in [0.2, 0.25) is 0 Å². The van der Waals surface area contributed by atoms with Crippen molar-refractivity contribution in [1.82, 2.24) is 15.2 Å². The molecule has 2 aromatic carbocycles. The zero-order valence-corrected chi connectivity index (χ0v) is 19.7. The van der Waals surface area contributed by atoms with Crippen LogP contribution in [0.25, 0.3) is 10.8 Å². The molecule has 0 spiro atoms. The summed E-state index contributed by atoms with van der Waals surface area (Å²) >= 11 is 0. The Hall–Kier alpha value is -2.55. The molecule has 2 heterocycles. The van der Waals surface area contributed by atoms with Crippen LogP contribution in [-0.2, 0) is 6.54 Å². The molecular formula is C23H28IN5O. The van der Waals surface area contributed by atoms with E-state index in [2.05, 4.69) is 61.5 Å². The van der Waals surface area contributed by atoms with Gasteiger partial charge in [0.05, 0.1) is 7.11 Å². The number of guanidine groups is 1. The first-order valence-electron chi connectivity index (χ1n) is 9.95. The van der Waals surface area contributed by atoms with E-state index < -0.39 is 0 Å². The zero-order valence-electron chi connectivity index (χ0n) is 17.4. The molecule has 0 aliphatic carbocycles. The first-order chi connectivity index (χ1) is 14.3. The normalized spacial score (nSPS) is 14.4. The molecule has 7 heteroatoms. The molecule has 0 saturated carbocycles. The Kier molecular flexibility index (Phi) is 7.73. The van der Waals surface area contributed by atoms with Gasteiger partial charge in [-0.15, -0.1) is 24.0 Å². The van der Waals surface area contributed by atoms with Gasteiger partial charge in [-0.05, 0) is 46.7 Å². The Bertz CT molecular complexity index is 987. The summed E-state index contributed by atoms with van der Waals surface area (Å²) in [6, 6.07) is 18.7. The number of aliphatic imine (C=N–C) groups is 1. The second kappa shape index (κ2) is 10.5. The number of nitrogens with zero attached hydrogens (tertiary/aromatic N) is 4. The molecule has 1 N–H and O–H groups in total. The summed E-state index contributed by atoms with van der Waals surface area (Å²) in [5.74, 6) is 2.87. The molecule has 30 heavy (non-hydrogen) atoms. The standard InChI is InChI=1S/C23H27N5O.HI/c1-24-23(28-13-11-27(12-14-28)22-5-3-4-10-25-22)26-17-18-6-7-20-16-21(29-2)9-8-19(20)15-18;/h3-10,15-16H,11-14,17H2,1-2H3,(H,24,26);1H. The largest absolute Gasteiger partial charge is 0.497 e. The molecule has 4 rings (SSSR count). The van der Waals surface area contributed by atoms with Crippen molar-refractivity contribution in [3.63, 3.8) is 0 Å². The molecule has 1 fully saturated rings. The molecule has 6 nitrogen and oxygen atoms in total. The average Bonchev–Trinajstić information content (AvgIpc) is 2.80. The number of benzene rings is 2. The van der Waals surface area contributed by atoms with Crippen LogP contribution in [0.1, 0.15) is 5.56 Å². The minimum absolute atomic E-state index is 0.